The molecule has 2 N–H and O–H groups in total. The van der Waals surface area contributed by atoms with Crippen LogP contribution in [0, 0.1) is 11.3 Å². The third-order valence-electron chi connectivity index (χ3n) is 1.99. The molecule has 1 amide bonds. The Morgan fingerprint density at radius 1 is 1.38 bits per heavy atom. The Kier molecular flexibility index (Phi) is 4.40. The van der Waals surface area contributed by atoms with E-state index in [4.69, 9.17) is 0 Å². The molecule has 3 nitrogen and oxygen atoms in total. The van der Waals surface area contributed by atoms with Crippen molar-refractivity contribution in [1.82, 2.24) is 5.32 Å². The molecule has 0 aromatic carbocycles. The lowest BCUT2D eigenvalue weighted by Gasteiger charge is -2.26. The highest BCUT2D eigenvalue weighted by Crippen LogP contribution is 2.18. The van der Waals surface area contributed by atoms with Crippen LogP contribution in [0.25, 0.3) is 0 Å². The van der Waals surface area contributed by atoms with Gasteiger partial charge in [0.2, 0.25) is 5.91 Å². The van der Waals surface area contributed by atoms with Crippen LogP contribution in [0.4, 0.5) is 0 Å². The lowest BCUT2D eigenvalue weighted by Crippen LogP contribution is -2.40. The van der Waals surface area contributed by atoms with Gasteiger partial charge in [-0.1, -0.05) is 34.6 Å². The molecule has 0 aliphatic rings. The topological polar surface area (TPSA) is 49.3 Å². The molecule has 0 bridgehead atoms. The van der Waals surface area contributed by atoms with E-state index in [-0.39, 0.29) is 17.2 Å². The number of aliphatic hydroxyl groups is 1. The second kappa shape index (κ2) is 4.61. The standard InChI is InChI=1S/C10H21NO2/c1-7(2)9(13)11-6-8(12)10(3,4)5/h7-8,12H,6H2,1-5H3,(H,11,13). The van der Waals surface area contributed by atoms with E-state index in [1.807, 2.05) is 34.6 Å². The molecule has 0 rings (SSSR count). The summed E-state index contributed by atoms with van der Waals surface area (Å²) in [4.78, 5) is 11.2. The van der Waals surface area contributed by atoms with Crippen LogP contribution in [-0.2, 0) is 4.79 Å². The smallest absolute Gasteiger partial charge is 0.222 e. The SMILES string of the molecule is CC(C)C(=O)NCC(O)C(C)(C)C. The Balaban J connectivity index is 3.84. The minimum atomic E-state index is -0.491. The number of hydrogen-bond acceptors (Lipinski definition) is 2. The summed E-state index contributed by atoms with van der Waals surface area (Å²) >= 11 is 0. The lowest BCUT2D eigenvalue weighted by atomic mass is 9.89. The molecule has 78 valence electrons. The van der Waals surface area contributed by atoms with Crippen molar-refractivity contribution in [1.29, 1.82) is 0 Å². The van der Waals surface area contributed by atoms with Crippen LogP contribution in [0.5, 0.6) is 0 Å². The predicted molar refractivity (Wildman–Crippen MR) is 53.3 cm³/mol. The molecule has 0 fully saturated rings. The van der Waals surface area contributed by atoms with Crippen molar-refractivity contribution in [2.45, 2.75) is 40.7 Å². The van der Waals surface area contributed by atoms with E-state index >= 15 is 0 Å². The van der Waals surface area contributed by atoms with E-state index in [2.05, 4.69) is 5.32 Å². The van der Waals surface area contributed by atoms with E-state index in [1.54, 1.807) is 0 Å². The summed E-state index contributed by atoms with van der Waals surface area (Å²) in [5.74, 6) is -0.0320. The van der Waals surface area contributed by atoms with E-state index < -0.39 is 6.10 Å². The lowest BCUT2D eigenvalue weighted by molar-refractivity contribution is -0.124. The molecule has 0 aromatic rings. The number of carbonyl (C=O) groups is 1. The molecule has 0 saturated carbocycles. The van der Waals surface area contributed by atoms with Crippen molar-refractivity contribution in [3.63, 3.8) is 0 Å². The second-order valence-corrected chi connectivity index (χ2v) is 4.78. The van der Waals surface area contributed by atoms with Gasteiger partial charge in [-0.25, -0.2) is 0 Å². The summed E-state index contributed by atoms with van der Waals surface area (Å²) in [6, 6.07) is 0. The molecule has 0 aliphatic carbocycles. The van der Waals surface area contributed by atoms with Crippen LogP contribution in [-0.4, -0.2) is 23.7 Å². The van der Waals surface area contributed by atoms with Crippen LogP contribution in [0.1, 0.15) is 34.6 Å². The summed E-state index contributed by atoms with van der Waals surface area (Å²) in [6.07, 6.45) is -0.491. The van der Waals surface area contributed by atoms with Gasteiger partial charge in [0.1, 0.15) is 0 Å². The number of nitrogens with one attached hydrogen (secondary N) is 1. The molecule has 1 atom stereocenters. The number of aliphatic hydroxyl groups excluding tert-OH is 1. The van der Waals surface area contributed by atoms with Gasteiger partial charge in [0, 0.05) is 12.5 Å². The minimum absolute atomic E-state index is 0.0108. The van der Waals surface area contributed by atoms with E-state index in [9.17, 15) is 9.90 Å². The van der Waals surface area contributed by atoms with Crippen molar-refractivity contribution in [3.05, 3.63) is 0 Å². The van der Waals surface area contributed by atoms with E-state index in [1.165, 1.54) is 0 Å². The fourth-order valence-corrected chi connectivity index (χ4v) is 0.708. The third-order valence-corrected chi connectivity index (χ3v) is 1.99. The zero-order chi connectivity index (χ0) is 10.6. The fourth-order valence-electron chi connectivity index (χ4n) is 0.708. The number of hydrogen-bond donors (Lipinski definition) is 2. The van der Waals surface area contributed by atoms with Gasteiger partial charge in [0.15, 0.2) is 0 Å². The van der Waals surface area contributed by atoms with Crippen LogP contribution >= 0.6 is 0 Å². The molecule has 0 heterocycles. The molecule has 0 radical (unpaired) electrons. The molecular formula is C10H21NO2. The Morgan fingerprint density at radius 3 is 2.15 bits per heavy atom. The van der Waals surface area contributed by atoms with Gasteiger partial charge in [-0.2, -0.15) is 0 Å². The summed E-state index contributed by atoms with van der Waals surface area (Å²) in [7, 11) is 0. The summed E-state index contributed by atoms with van der Waals surface area (Å²) in [5.41, 5.74) is -0.176. The van der Waals surface area contributed by atoms with Gasteiger partial charge in [0.05, 0.1) is 6.10 Å². The first-order valence-corrected chi connectivity index (χ1v) is 4.71. The summed E-state index contributed by atoms with van der Waals surface area (Å²) in [5, 5.41) is 12.3. The highest BCUT2D eigenvalue weighted by atomic mass is 16.3. The van der Waals surface area contributed by atoms with Crippen molar-refractivity contribution in [2.24, 2.45) is 11.3 Å². The third kappa shape index (κ3) is 4.88. The molecule has 3 heteroatoms. The highest BCUT2D eigenvalue weighted by Gasteiger charge is 2.22. The molecule has 0 aliphatic heterocycles. The first kappa shape index (κ1) is 12.4. The highest BCUT2D eigenvalue weighted by molar-refractivity contribution is 5.77. The van der Waals surface area contributed by atoms with Crippen LogP contribution in [0.2, 0.25) is 0 Å². The summed E-state index contributed by atoms with van der Waals surface area (Å²) < 4.78 is 0. The number of amides is 1. The maximum absolute atomic E-state index is 11.2. The van der Waals surface area contributed by atoms with Crippen LogP contribution in [0.15, 0.2) is 0 Å². The monoisotopic (exact) mass is 187 g/mol. The number of carbonyl (C=O) groups excluding carboxylic acids is 1. The average molecular weight is 187 g/mol. The Morgan fingerprint density at radius 2 is 1.85 bits per heavy atom. The summed E-state index contributed by atoms with van der Waals surface area (Å²) in [6.45, 7) is 9.83. The van der Waals surface area contributed by atoms with Gasteiger partial charge in [-0.15, -0.1) is 0 Å². The fraction of sp³-hybridized carbons (Fsp3) is 0.900. The molecule has 0 saturated heterocycles. The largest absolute Gasteiger partial charge is 0.391 e. The zero-order valence-electron chi connectivity index (χ0n) is 9.22. The van der Waals surface area contributed by atoms with Crippen LogP contribution < -0.4 is 5.32 Å². The zero-order valence-corrected chi connectivity index (χ0v) is 9.22. The normalized spacial score (nSPS) is 14.4. The molecule has 13 heavy (non-hydrogen) atoms. The van der Waals surface area contributed by atoms with Crippen LogP contribution in [0.3, 0.4) is 0 Å². The predicted octanol–water partition coefficient (Wildman–Crippen LogP) is 1.17. The average Bonchev–Trinajstić information content (AvgIpc) is 1.97. The van der Waals surface area contributed by atoms with Crippen molar-refractivity contribution >= 4 is 5.91 Å². The Labute approximate surface area is 80.5 Å². The van der Waals surface area contributed by atoms with Crippen molar-refractivity contribution in [3.8, 4) is 0 Å². The van der Waals surface area contributed by atoms with Gasteiger partial charge < -0.3 is 10.4 Å². The quantitative estimate of drug-likeness (QED) is 0.696. The van der Waals surface area contributed by atoms with E-state index in [0.717, 1.165) is 0 Å². The second-order valence-electron chi connectivity index (χ2n) is 4.78. The maximum Gasteiger partial charge on any atom is 0.222 e. The van der Waals surface area contributed by atoms with Crippen molar-refractivity contribution < 1.29 is 9.90 Å². The van der Waals surface area contributed by atoms with Gasteiger partial charge in [-0.3, -0.25) is 4.79 Å². The van der Waals surface area contributed by atoms with E-state index in [0.29, 0.717) is 6.54 Å². The number of rotatable bonds is 3. The first-order chi connectivity index (χ1) is 5.75. The maximum atomic E-state index is 11.2. The Bertz CT molecular complexity index is 170. The Hall–Kier alpha value is -0.570. The van der Waals surface area contributed by atoms with Crippen molar-refractivity contribution in [2.75, 3.05) is 6.54 Å². The van der Waals surface area contributed by atoms with Gasteiger partial charge in [0.25, 0.3) is 0 Å². The molecule has 1 unspecified atom stereocenters. The van der Waals surface area contributed by atoms with Gasteiger partial charge in [-0.05, 0) is 5.41 Å². The molecule has 0 spiro atoms. The minimum Gasteiger partial charge on any atom is -0.391 e. The molecule has 0 aromatic heterocycles. The first-order valence-electron chi connectivity index (χ1n) is 4.71. The molecular weight excluding hydrogens is 166 g/mol. The van der Waals surface area contributed by atoms with Gasteiger partial charge >= 0.3 is 0 Å².